The van der Waals surface area contributed by atoms with Gasteiger partial charge in [0.1, 0.15) is 0 Å². The van der Waals surface area contributed by atoms with Crippen molar-refractivity contribution in [2.75, 3.05) is 13.1 Å². The number of likely N-dealkylation sites (tertiary alicyclic amines) is 1. The van der Waals surface area contributed by atoms with Crippen LogP contribution in [0.25, 0.3) is 6.08 Å². The Bertz CT molecular complexity index is 710. The Morgan fingerprint density at radius 2 is 1.92 bits per heavy atom. The third-order valence-electron chi connectivity index (χ3n) is 4.68. The summed E-state index contributed by atoms with van der Waals surface area (Å²) in [6.07, 6.45) is 5.67. The minimum Gasteiger partial charge on any atom is -0.339 e. The molecule has 1 fully saturated rings. The molecule has 2 aromatic rings. The SMILES string of the molecule is Cc1cc(C)n(CC2CCN(C(=O)C=Cc3ccccc3)CC2)n1. The van der Waals surface area contributed by atoms with Crippen LogP contribution in [0.5, 0.6) is 0 Å². The number of aromatic nitrogens is 2. The summed E-state index contributed by atoms with van der Waals surface area (Å²) >= 11 is 0. The van der Waals surface area contributed by atoms with Gasteiger partial charge in [0, 0.05) is 31.4 Å². The zero-order valence-corrected chi connectivity index (χ0v) is 14.5. The number of aryl methyl sites for hydroxylation is 2. The number of carbonyl (C=O) groups excluding carboxylic acids is 1. The lowest BCUT2D eigenvalue weighted by molar-refractivity contribution is -0.127. The summed E-state index contributed by atoms with van der Waals surface area (Å²) in [6.45, 7) is 6.77. The van der Waals surface area contributed by atoms with Gasteiger partial charge in [-0.3, -0.25) is 9.48 Å². The van der Waals surface area contributed by atoms with Gasteiger partial charge in [-0.1, -0.05) is 30.3 Å². The van der Waals surface area contributed by atoms with Crippen LogP contribution in [0, 0.1) is 19.8 Å². The summed E-state index contributed by atoms with van der Waals surface area (Å²) in [4.78, 5) is 14.3. The van der Waals surface area contributed by atoms with E-state index >= 15 is 0 Å². The molecule has 0 aliphatic carbocycles. The van der Waals surface area contributed by atoms with E-state index in [0.717, 1.165) is 43.7 Å². The second kappa shape index (κ2) is 7.47. The first-order valence-electron chi connectivity index (χ1n) is 8.65. The maximum atomic E-state index is 12.3. The van der Waals surface area contributed by atoms with Crippen molar-refractivity contribution in [3.8, 4) is 0 Å². The molecule has 3 rings (SSSR count). The van der Waals surface area contributed by atoms with Crippen molar-refractivity contribution < 1.29 is 4.79 Å². The smallest absolute Gasteiger partial charge is 0.246 e. The van der Waals surface area contributed by atoms with Gasteiger partial charge in [0.15, 0.2) is 0 Å². The first kappa shape index (κ1) is 16.5. The van der Waals surface area contributed by atoms with Crippen molar-refractivity contribution in [2.24, 2.45) is 5.92 Å². The Balaban J connectivity index is 1.50. The van der Waals surface area contributed by atoms with E-state index in [1.54, 1.807) is 6.08 Å². The molecule has 0 radical (unpaired) electrons. The Morgan fingerprint density at radius 3 is 2.54 bits per heavy atom. The van der Waals surface area contributed by atoms with Crippen molar-refractivity contribution in [3.63, 3.8) is 0 Å². The Morgan fingerprint density at radius 1 is 1.21 bits per heavy atom. The van der Waals surface area contributed by atoms with Gasteiger partial charge in [-0.05, 0) is 50.3 Å². The minimum atomic E-state index is 0.114. The predicted octanol–water partition coefficient (Wildman–Crippen LogP) is 3.45. The van der Waals surface area contributed by atoms with Crippen LogP contribution in [0.15, 0.2) is 42.5 Å². The van der Waals surface area contributed by atoms with Gasteiger partial charge in [-0.2, -0.15) is 5.10 Å². The fraction of sp³-hybridized carbons (Fsp3) is 0.400. The molecule has 126 valence electrons. The fourth-order valence-corrected chi connectivity index (χ4v) is 3.28. The molecule has 1 aliphatic heterocycles. The Labute approximate surface area is 143 Å². The first-order valence-corrected chi connectivity index (χ1v) is 8.65. The van der Waals surface area contributed by atoms with Gasteiger partial charge in [0.25, 0.3) is 0 Å². The standard InChI is InChI=1S/C20H25N3O/c1-16-14-17(2)23(21-16)15-19-10-12-22(13-11-19)20(24)9-8-18-6-4-3-5-7-18/h3-9,14,19H,10-13,15H2,1-2H3. The fourth-order valence-electron chi connectivity index (χ4n) is 3.28. The molecular formula is C20H25N3O. The van der Waals surface area contributed by atoms with Gasteiger partial charge in [0.2, 0.25) is 5.91 Å². The average Bonchev–Trinajstić information content (AvgIpc) is 2.91. The molecule has 4 nitrogen and oxygen atoms in total. The zero-order chi connectivity index (χ0) is 16.9. The molecule has 4 heteroatoms. The summed E-state index contributed by atoms with van der Waals surface area (Å²) in [5, 5.41) is 4.55. The molecule has 1 aromatic carbocycles. The minimum absolute atomic E-state index is 0.114. The second-order valence-corrected chi connectivity index (χ2v) is 6.62. The topological polar surface area (TPSA) is 38.1 Å². The van der Waals surface area contributed by atoms with Gasteiger partial charge in [-0.15, -0.1) is 0 Å². The van der Waals surface area contributed by atoms with Crippen LogP contribution in [0.2, 0.25) is 0 Å². The number of nitrogens with zero attached hydrogens (tertiary/aromatic N) is 3. The van der Waals surface area contributed by atoms with Crippen molar-refractivity contribution in [1.82, 2.24) is 14.7 Å². The second-order valence-electron chi connectivity index (χ2n) is 6.62. The van der Waals surface area contributed by atoms with Crippen LogP contribution in [-0.2, 0) is 11.3 Å². The Kier molecular flexibility index (Phi) is 5.14. The largest absolute Gasteiger partial charge is 0.339 e. The maximum absolute atomic E-state index is 12.3. The Hall–Kier alpha value is -2.36. The van der Waals surface area contributed by atoms with E-state index in [1.807, 2.05) is 48.2 Å². The van der Waals surface area contributed by atoms with E-state index in [2.05, 4.69) is 22.8 Å². The van der Waals surface area contributed by atoms with E-state index in [9.17, 15) is 4.79 Å². The molecule has 1 aliphatic rings. The van der Waals surface area contributed by atoms with E-state index in [1.165, 1.54) is 5.69 Å². The number of hydrogen-bond acceptors (Lipinski definition) is 2. The first-order chi connectivity index (χ1) is 11.6. The molecule has 0 N–H and O–H groups in total. The monoisotopic (exact) mass is 323 g/mol. The number of rotatable bonds is 4. The van der Waals surface area contributed by atoms with Crippen LogP contribution < -0.4 is 0 Å². The van der Waals surface area contributed by atoms with Crippen molar-refractivity contribution in [2.45, 2.75) is 33.2 Å². The normalized spacial score (nSPS) is 16.0. The van der Waals surface area contributed by atoms with E-state index in [-0.39, 0.29) is 5.91 Å². The van der Waals surface area contributed by atoms with Crippen LogP contribution in [0.3, 0.4) is 0 Å². The summed E-state index contributed by atoms with van der Waals surface area (Å²) in [5.74, 6) is 0.716. The molecule has 0 spiro atoms. The summed E-state index contributed by atoms with van der Waals surface area (Å²) in [7, 11) is 0. The highest BCUT2D eigenvalue weighted by Gasteiger charge is 2.22. The van der Waals surface area contributed by atoms with E-state index in [4.69, 9.17) is 0 Å². The molecule has 0 unspecified atom stereocenters. The highest BCUT2D eigenvalue weighted by atomic mass is 16.2. The molecule has 2 heterocycles. The maximum Gasteiger partial charge on any atom is 0.246 e. The lowest BCUT2D eigenvalue weighted by atomic mass is 9.96. The number of piperidine rings is 1. The van der Waals surface area contributed by atoms with Gasteiger partial charge in [0.05, 0.1) is 5.69 Å². The number of carbonyl (C=O) groups is 1. The van der Waals surface area contributed by atoms with Crippen LogP contribution in [0.1, 0.15) is 29.8 Å². The third-order valence-corrected chi connectivity index (χ3v) is 4.68. The highest BCUT2D eigenvalue weighted by Crippen LogP contribution is 2.20. The van der Waals surface area contributed by atoms with Gasteiger partial charge >= 0.3 is 0 Å². The zero-order valence-electron chi connectivity index (χ0n) is 14.5. The van der Waals surface area contributed by atoms with Crippen LogP contribution in [-0.4, -0.2) is 33.7 Å². The number of amides is 1. The van der Waals surface area contributed by atoms with E-state index < -0.39 is 0 Å². The van der Waals surface area contributed by atoms with Crippen molar-refractivity contribution in [1.29, 1.82) is 0 Å². The third kappa shape index (κ3) is 4.13. The van der Waals surface area contributed by atoms with Crippen molar-refractivity contribution in [3.05, 3.63) is 59.4 Å². The van der Waals surface area contributed by atoms with Gasteiger partial charge < -0.3 is 4.90 Å². The lowest BCUT2D eigenvalue weighted by Gasteiger charge is -2.31. The summed E-state index contributed by atoms with van der Waals surface area (Å²) < 4.78 is 2.10. The average molecular weight is 323 g/mol. The number of benzene rings is 1. The lowest BCUT2D eigenvalue weighted by Crippen LogP contribution is -2.38. The quantitative estimate of drug-likeness (QED) is 0.808. The molecule has 24 heavy (non-hydrogen) atoms. The highest BCUT2D eigenvalue weighted by molar-refractivity contribution is 5.91. The number of hydrogen-bond donors (Lipinski definition) is 0. The molecule has 1 saturated heterocycles. The van der Waals surface area contributed by atoms with E-state index in [0.29, 0.717) is 5.92 Å². The molecule has 0 atom stereocenters. The predicted molar refractivity (Wildman–Crippen MR) is 96.5 cm³/mol. The molecule has 1 amide bonds. The van der Waals surface area contributed by atoms with Crippen LogP contribution in [0.4, 0.5) is 0 Å². The van der Waals surface area contributed by atoms with Crippen LogP contribution >= 0.6 is 0 Å². The van der Waals surface area contributed by atoms with Crippen molar-refractivity contribution >= 4 is 12.0 Å². The van der Waals surface area contributed by atoms with Gasteiger partial charge in [-0.25, -0.2) is 0 Å². The summed E-state index contributed by atoms with van der Waals surface area (Å²) in [5.41, 5.74) is 3.35. The summed E-state index contributed by atoms with van der Waals surface area (Å²) in [6, 6.07) is 12.1. The molecule has 0 saturated carbocycles. The molecular weight excluding hydrogens is 298 g/mol. The molecule has 1 aromatic heterocycles. The molecule has 0 bridgehead atoms.